The summed E-state index contributed by atoms with van der Waals surface area (Å²) in [5.41, 5.74) is 0.0971. The highest BCUT2D eigenvalue weighted by molar-refractivity contribution is 5.95. The quantitative estimate of drug-likeness (QED) is 0.725. The second-order valence-electron chi connectivity index (χ2n) is 7.18. The molecule has 1 fully saturated rings. The summed E-state index contributed by atoms with van der Waals surface area (Å²) in [6.45, 7) is 2.02. The third-order valence-electron chi connectivity index (χ3n) is 5.58. The Morgan fingerprint density at radius 2 is 1.59 bits per heavy atom. The molecule has 0 saturated carbocycles. The molecule has 1 atom stereocenters. The van der Waals surface area contributed by atoms with Crippen LogP contribution in [-0.4, -0.2) is 38.5 Å². The lowest BCUT2D eigenvalue weighted by Gasteiger charge is -2.31. The Kier molecular flexibility index (Phi) is 3.98. The summed E-state index contributed by atoms with van der Waals surface area (Å²) in [5, 5.41) is 10.7. The fourth-order valence-electron chi connectivity index (χ4n) is 4.05. The average molecular weight is 364 g/mol. The number of hydrogen-bond donors (Lipinski definition) is 1. The summed E-state index contributed by atoms with van der Waals surface area (Å²) >= 11 is 0. The van der Waals surface area contributed by atoms with E-state index in [1.54, 1.807) is 31.2 Å². The van der Waals surface area contributed by atoms with Gasteiger partial charge in [0.25, 0.3) is 0 Å². The van der Waals surface area contributed by atoms with Crippen LogP contribution in [0.2, 0.25) is 0 Å². The molecule has 138 valence electrons. The minimum atomic E-state index is -1.18. The molecule has 1 amide bonds. The fourth-order valence-corrected chi connectivity index (χ4v) is 4.05. The van der Waals surface area contributed by atoms with Gasteiger partial charge in [-0.1, -0.05) is 24.3 Å². The summed E-state index contributed by atoms with van der Waals surface area (Å²) in [6.07, 6.45) is 1.11. The zero-order valence-electron chi connectivity index (χ0n) is 15.0. The van der Waals surface area contributed by atoms with E-state index in [4.69, 9.17) is 0 Å². The Hall–Kier alpha value is -3.15. The molecule has 1 aromatic heterocycles. The molecular formula is C21H20N2O4. The van der Waals surface area contributed by atoms with Gasteiger partial charge in [-0.15, -0.1) is 0 Å². The molecule has 0 spiro atoms. The number of pyridine rings is 1. The number of nitrogens with zero attached hydrogens (tertiary/aromatic N) is 2. The van der Waals surface area contributed by atoms with Crippen LogP contribution in [0.3, 0.4) is 0 Å². The van der Waals surface area contributed by atoms with Crippen LogP contribution >= 0.6 is 0 Å². The lowest BCUT2D eigenvalue weighted by Crippen LogP contribution is -2.51. The molecule has 27 heavy (non-hydrogen) atoms. The molecule has 3 aromatic rings. The number of hydrogen-bond acceptors (Lipinski definition) is 3. The lowest BCUT2D eigenvalue weighted by atomic mass is 9.99. The SMILES string of the molecule is CC1(C(=O)O)CCCN1C(=O)Cn1c2ccccc2c(=O)c2ccccc21. The Bertz CT molecular complexity index is 1070. The largest absolute Gasteiger partial charge is 0.480 e. The number of carboxylic acid groups (broad SMARTS) is 1. The van der Waals surface area contributed by atoms with E-state index in [-0.39, 0.29) is 17.9 Å². The number of amides is 1. The lowest BCUT2D eigenvalue weighted by molar-refractivity contribution is -0.155. The van der Waals surface area contributed by atoms with Gasteiger partial charge in [-0.05, 0) is 44.0 Å². The van der Waals surface area contributed by atoms with Crippen LogP contribution in [0.1, 0.15) is 19.8 Å². The van der Waals surface area contributed by atoms with E-state index in [0.717, 1.165) is 0 Å². The molecule has 0 bridgehead atoms. The maximum atomic E-state index is 13.1. The van der Waals surface area contributed by atoms with Crippen LogP contribution in [0.15, 0.2) is 53.3 Å². The fraction of sp³-hybridized carbons (Fsp3) is 0.286. The molecule has 1 aliphatic rings. The van der Waals surface area contributed by atoms with Crippen molar-refractivity contribution in [1.82, 2.24) is 9.47 Å². The Balaban J connectivity index is 1.86. The molecule has 1 unspecified atom stereocenters. The van der Waals surface area contributed by atoms with Crippen molar-refractivity contribution in [2.24, 2.45) is 0 Å². The number of para-hydroxylation sites is 2. The minimum absolute atomic E-state index is 0.00975. The van der Waals surface area contributed by atoms with Crippen molar-refractivity contribution in [3.63, 3.8) is 0 Å². The molecule has 2 aromatic carbocycles. The van der Waals surface area contributed by atoms with Crippen LogP contribution in [0, 0.1) is 0 Å². The molecule has 1 saturated heterocycles. The van der Waals surface area contributed by atoms with Crippen molar-refractivity contribution in [3.8, 4) is 0 Å². The first-order chi connectivity index (χ1) is 12.9. The van der Waals surface area contributed by atoms with Crippen molar-refractivity contribution in [3.05, 3.63) is 58.8 Å². The van der Waals surface area contributed by atoms with Gasteiger partial charge in [0.05, 0.1) is 11.0 Å². The van der Waals surface area contributed by atoms with Crippen molar-refractivity contribution < 1.29 is 14.7 Å². The maximum absolute atomic E-state index is 13.1. The Morgan fingerprint density at radius 1 is 1.04 bits per heavy atom. The zero-order valence-corrected chi connectivity index (χ0v) is 15.0. The molecule has 1 aliphatic heterocycles. The van der Waals surface area contributed by atoms with E-state index in [1.165, 1.54) is 4.90 Å². The molecule has 0 radical (unpaired) electrons. The smallest absolute Gasteiger partial charge is 0.329 e. The van der Waals surface area contributed by atoms with E-state index >= 15 is 0 Å². The van der Waals surface area contributed by atoms with Crippen LogP contribution in [-0.2, 0) is 16.1 Å². The molecular weight excluding hydrogens is 344 g/mol. The highest BCUT2D eigenvalue weighted by Crippen LogP contribution is 2.30. The first kappa shape index (κ1) is 17.3. The third-order valence-corrected chi connectivity index (χ3v) is 5.58. The number of fused-ring (bicyclic) bond motifs is 2. The summed E-state index contributed by atoms with van der Waals surface area (Å²) in [4.78, 5) is 39.0. The predicted octanol–water partition coefficient (Wildman–Crippen LogP) is 2.62. The zero-order chi connectivity index (χ0) is 19.2. The van der Waals surface area contributed by atoms with Crippen LogP contribution in [0.4, 0.5) is 0 Å². The number of carbonyl (C=O) groups excluding carboxylic acids is 1. The van der Waals surface area contributed by atoms with Crippen molar-refractivity contribution in [1.29, 1.82) is 0 Å². The average Bonchev–Trinajstić information content (AvgIpc) is 3.08. The highest BCUT2D eigenvalue weighted by Gasteiger charge is 2.45. The number of aliphatic carboxylic acids is 1. The number of aromatic nitrogens is 1. The van der Waals surface area contributed by atoms with Gasteiger partial charge in [0.2, 0.25) is 5.91 Å². The van der Waals surface area contributed by atoms with E-state index in [0.29, 0.717) is 41.2 Å². The third kappa shape index (κ3) is 2.60. The van der Waals surface area contributed by atoms with E-state index < -0.39 is 11.5 Å². The maximum Gasteiger partial charge on any atom is 0.329 e. The molecule has 1 N–H and O–H groups in total. The topological polar surface area (TPSA) is 79.6 Å². The predicted molar refractivity (Wildman–Crippen MR) is 103 cm³/mol. The summed E-state index contributed by atoms with van der Waals surface area (Å²) < 4.78 is 1.81. The normalized spacial score (nSPS) is 19.7. The van der Waals surface area contributed by atoms with E-state index in [1.807, 2.05) is 28.8 Å². The number of benzene rings is 2. The molecule has 6 nitrogen and oxygen atoms in total. The number of rotatable bonds is 3. The van der Waals surface area contributed by atoms with Crippen molar-refractivity contribution in [2.45, 2.75) is 31.8 Å². The van der Waals surface area contributed by atoms with Crippen molar-refractivity contribution >= 4 is 33.7 Å². The van der Waals surface area contributed by atoms with Crippen LogP contribution in [0.5, 0.6) is 0 Å². The number of likely N-dealkylation sites (tertiary alicyclic amines) is 1. The highest BCUT2D eigenvalue weighted by atomic mass is 16.4. The van der Waals surface area contributed by atoms with Crippen LogP contribution in [0.25, 0.3) is 21.8 Å². The van der Waals surface area contributed by atoms with Gasteiger partial charge in [-0.25, -0.2) is 4.79 Å². The Morgan fingerprint density at radius 3 is 2.15 bits per heavy atom. The first-order valence-electron chi connectivity index (χ1n) is 8.97. The number of carboxylic acids is 1. The monoisotopic (exact) mass is 364 g/mol. The standard InChI is InChI=1S/C21H20N2O4/c1-21(20(26)27)11-6-12-23(21)18(24)13-22-16-9-4-2-7-14(16)19(25)15-8-3-5-10-17(15)22/h2-5,7-10H,6,11-13H2,1H3,(H,26,27). The molecule has 0 aliphatic carbocycles. The molecule has 4 rings (SSSR count). The van der Waals surface area contributed by atoms with Gasteiger partial charge < -0.3 is 14.6 Å². The minimum Gasteiger partial charge on any atom is -0.480 e. The second-order valence-corrected chi connectivity index (χ2v) is 7.18. The molecule has 2 heterocycles. The molecule has 6 heteroatoms. The van der Waals surface area contributed by atoms with Gasteiger partial charge in [0, 0.05) is 17.3 Å². The van der Waals surface area contributed by atoms with Gasteiger partial charge in [0.15, 0.2) is 5.43 Å². The van der Waals surface area contributed by atoms with Crippen molar-refractivity contribution in [2.75, 3.05) is 6.54 Å². The first-order valence-corrected chi connectivity index (χ1v) is 8.97. The summed E-state index contributed by atoms with van der Waals surface area (Å²) in [5.74, 6) is -1.24. The van der Waals surface area contributed by atoms with Gasteiger partial charge in [0.1, 0.15) is 12.1 Å². The van der Waals surface area contributed by atoms with E-state index in [9.17, 15) is 19.5 Å². The van der Waals surface area contributed by atoms with Gasteiger partial charge in [-0.3, -0.25) is 9.59 Å². The van der Waals surface area contributed by atoms with Crippen LogP contribution < -0.4 is 5.43 Å². The summed E-state index contributed by atoms with van der Waals surface area (Å²) in [7, 11) is 0. The Labute approximate surface area is 155 Å². The number of carbonyl (C=O) groups is 2. The van der Waals surface area contributed by atoms with Gasteiger partial charge in [-0.2, -0.15) is 0 Å². The van der Waals surface area contributed by atoms with E-state index in [2.05, 4.69) is 0 Å². The summed E-state index contributed by atoms with van der Waals surface area (Å²) in [6, 6.07) is 14.4. The second kappa shape index (κ2) is 6.23. The van der Waals surface area contributed by atoms with Gasteiger partial charge >= 0.3 is 5.97 Å².